The lowest BCUT2D eigenvalue weighted by atomic mass is 9.98. The molecule has 1 heterocycles. The van der Waals surface area contributed by atoms with E-state index in [1.807, 2.05) is 43.5 Å². The van der Waals surface area contributed by atoms with E-state index in [-0.39, 0.29) is 23.1 Å². The molecule has 6 heteroatoms. The Morgan fingerprint density at radius 3 is 2.71 bits per heavy atom. The number of likely N-dealkylation sites (tertiary alicyclic amines) is 1. The third-order valence-corrected chi connectivity index (χ3v) is 5.93. The maximum atomic E-state index is 12.5. The van der Waals surface area contributed by atoms with Crippen LogP contribution in [0.25, 0.3) is 0 Å². The third-order valence-electron chi connectivity index (χ3n) is 4.66. The summed E-state index contributed by atoms with van der Waals surface area (Å²) in [5.74, 6) is -0.219. The molecule has 1 aliphatic heterocycles. The normalized spacial score (nSPS) is 19.8. The van der Waals surface area contributed by atoms with E-state index in [2.05, 4.69) is 5.32 Å². The average molecular weight is 350 g/mol. The summed E-state index contributed by atoms with van der Waals surface area (Å²) in [6, 6.07) is 9.97. The van der Waals surface area contributed by atoms with Gasteiger partial charge in [-0.15, -0.1) is 0 Å². The molecule has 0 aromatic heterocycles. The number of carboxylic acid groups (broad SMARTS) is 1. The average Bonchev–Trinajstić information content (AvgIpc) is 3.06. The van der Waals surface area contributed by atoms with E-state index < -0.39 is 6.09 Å². The lowest BCUT2D eigenvalue weighted by molar-refractivity contribution is -0.124. The first kappa shape index (κ1) is 18.6. The fourth-order valence-corrected chi connectivity index (χ4v) is 4.48. The molecule has 3 unspecified atom stereocenters. The minimum Gasteiger partial charge on any atom is -0.465 e. The Morgan fingerprint density at radius 1 is 1.38 bits per heavy atom. The fourth-order valence-electron chi connectivity index (χ4n) is 3.35. The van der Waals surface area contributed by atoms with Gasteiger partial charge in [0, 0.05) is 30.3 Å². The van der Waals surface area contributed by atoms with Crippen molar-refractivity contribution in [2.24, 2.45) is 5.92 Å². The molecule has 2 N–H and O–H groups in total. The van der Waals surface area contributed by atoms with Crippen LogP contribution in [0.2, 0.25) is 0 Å². The molecule has 2 rings (SSSR count). The monoisotopic (exact) mass is 350 g/mol. The number of thioether (sulfide) groups is 1. The van der Waals surface area contributed by atoms with Gasteiger partial charge in [0.05, 0.1) is 0 Å². The number of carbonyl (C=O) groups excluding carboxylic acids is 1. The van der Waals surface area contributed by atoms with Gasteiger partial charge in [-0.25, -0.2) is 4.79 Å². The van der Waals surface area contributed by atoms with Crippen LogP contribution in [0.4, 0.5) is 4.79 Å². The first-order valence-electron chi connectivity index (χ1n) is 8.38. The molecule has 2 amide bonds. The van der Waals surface area contributed by atoms with Gasteiger partial charge < -0.3 is 15.3 Å². The van der Waals surface area contributed by atoms with Crippen LogP contribution < -0.4 is 5.32 Å². The van der Waals surface area contributed by atoms with E-state index in [4.69, 9.17) is 0 Å². The summed E-state index contributed by atoms with van der Waals surface area (Å²) >= 11 is 1.59. The van der Waals surface area contributed by atoms with Crippen LogP contribution in [-0.2, 0) is 11.2 Å². The van der Waals surface area contributed by atoms with Gasteiger partial charge in [0.15, 0.2) is 0 Å². The molecular weight excluding hydrogens is 324 g/mol. The summed E-state index contributed by atoms with van der Waals surface area (Å²) in [6.45, 7) is 3.07. The maximum Gasteiger partial charge on any atom is 0.407 e. The van der Waals surface area contributed by atoms with Crippen LogP contribution in [0, 0.1) is 5.92 Å². The minimum atomic E-state index is -0.881. The van der Waals surface area contributed by atoms with Gasteiger partial charge in [-0.05, 0) is 31.1 Å². The highest BCUT2D eigenvalue weighted by atomic mass is 32.2. The van der Waals surface area contributed by atoms with Gasteiger partial charge in [0.1, 0.15) is 0 Å². The Kier molecular flexibility index (Phi) is 6.97. The van der Waals surface area contributed by atoms with Crippen LogP contribution in [-0.4, -0.2) is 52.6 Å². The van der Waals surface area contributed by atoms with E-state index in [0.717, 1.165) is 19.3 Å². The summed E-state index contributed by atoms with van der Waals surface area (Å²) in [5.41, 5.74) is 1.19. The number of hydrogen-bond acceptors (Lipinski definition) is 3. The van der Waals surface area contributed by atoms with Crippen molar-refractivity contribution >= 4 is 23.8 Å². The summed E-state index contributed by atoms with van der Waals surface area (Å²) < 4.78 is 0. The molecule has 1 aromatic rings. The zero-order chi connectivity index (χ0) is 17.5. The zero-order valence-corrected chi connectivity index (χ0v) is 15.1. The van der Waals surface area contributed by atoms with Crippen molar-refractivity contribution in [3.63, 3.8) is 0 Å². The van der Waals surface area contributed by atoms with Crippen molar-refractivity contribution in [2.45, 2.75) is 37.5 Å². The number of nitrogens with one attached hydrogen (secondary N) is 1. The summed E-state index contributed by atoms with van der Waals surface area (Å²) in [5, 5.41) is 12.3. The van der Waals surface area contributed by atoms with Crippen LogP contribution in [0.1, 0.15) is 25.3 Å². The number of hydrogen-bond donors (Lipinski definition) is 2. The summed E-state index contributed by atoms with van der Waals surface area (Å²) in [6.07, 6.45) is 3.58. The van der Waals surface area contributed by atoms with Gasteiger partial charge in [0.2, 0.25) is 5.91 Å². The quantitative estimate of drug-likeness (QED) is 0.793. The van der Waals surface area contributed by atoms with E-state index in [0.29, 0.717) is 13.1 Å². The second-order valence-corrected chi connectivity index (χ2v) is 7.22. The van der Waals surface area contributed by atoms with E-state index in [1.54, 1.807) is 11.8 Å². The summed E-state index contributed by atoms with van der Waals surface area (Å²) in [7, 11) is 0. The molecule has 1 fully saturated rings. The smallest absolute Gasteiger partial charge is 0.407 e. The second kappa shape index (κ2) is 8.97. The summed E-state index contributed by atoms with van der Waals surface area (Å²) in [4.78, 5) is 25.3. The number of carbonyl (C=O) groups is 2. The SMILES string of the molecule is CSC(C(C)C(=O)NCCc1ccccc1)C1CCCN1C(=O)O. The molecule has 3 atom stereocenters. The molecule has 24 heavy (non-hydrogen) atoms. The highest BCUT2D eigenvalue weighted by Crippen LogP contribution is 2.31. The van der Waals surface area contributed by atoms with Crippen LogP contribution in [0.5, 0.6) is 0 Å². The largest absolute Gasteiger partial charge is 0.465 e. The standard InChI is InChI=1S/C18H26N2O3S/c1-13(16(24-2)15-9-6-12-20(15)18(22)23)17(21)19-11-10-14-7-4-3-5-8-14/h3-5,7-8,13,15-16H,6,9-12H2,1-2H3,(H,19,21)(H,22,23). The van der Waals surface area contributed by atoms with Crippen molar-refractivity contribution in [3.05, 3.63) is 35.9 Å². The van der Waals surface area contributed by atoms with Crippen molar-refractivity contribution in [2.75, 3.05) is 19.3 Å². The Balaban J connectivity index is 1.89. The molecule has 0 radical (unpaired) electrons. The maximum absolute atomic E-state index is 12.5. The fraction of sp³-hybridized carbons (Fsp3) is 0.556. The lowest BCUT2D eigenvalue weighted by Crippen LogP contribution is -2.47. The van der Waals surface area contributed by atoms with Crippen molar-refractivity contribution in [1.29, 1.82) is 0 Å². The second-order valence-electron chi connectivity index (χ2n) is 6.20. The molecule has 0 saturated carbocycles. The van der Waals surface area contributed by atoms with Crippen LogP contribution in [0.3, 0.4) is 0 Å². The minimum absolute atomic E-state index is 0.00233. The van der Waals surface area contributed by atoms with E-state index in [1.165, 1.54) is 10.5 Å². The molecule has 0 aliphatic carbocycles. The van der Waals surface area contributed by atoms with Gasteiger partial charge in [0.25, 0.3) is 0 Å². The van der Waals surface area contributed by atoms with Crippen LogP contribution in [0.15, 0.2) is 30.3 Å². The molecule has 1 aromatic carbocycles. The molecular formula is C18H26N2O3S. The lowest BCUT2D eigenvalue weighted by Gasteiger charge is -2.32. The molecule has 0 spiro atoms. The predicted molar refractivity (Wildman–Crippen MR) is 97.4 cm³/mol. The third kappa shape index (κ3) is 4.66. The Labute approximate surface area is 147 Å². The van der Waals surface area contributed by atoms with Gasteiger partial charge >= 0.3 is 6.09 Å². The number of benzene rings is 1. The van der Waals surface area contributed by atoms with Gasteiger partial charge in [-0.3, -0.25) is 4.79 Å². The zero-order valence-electron chi connectivity index (χ0n) is 14.3. The number of nitrogens with zero attached hydrogens (tertiary/aromatic N) is 1. The highest BCUT2D eigenvalue weighted by Gasteiger charge is 2.38. The predicted octanol–water partition coefficient (Wildman–Crippen LogP) is 2.86. The van der Waals surface area contributed by atoms with E-state index >= 15 is 0 Å². The first-order valence-corrected chi connectivity index (χ1v) is 9.67. The Hall–Kier alpha value is -1.69. The Morgan fingerprint density at radius 2 is 2.08 bits per heavy atom. The van der Waals surface area contributed by atoms with E-state index in [9.17, 15) is 14.7 Å². The molecule has 1 aliphatic rings. The highest BCUT2D eigenvalue weighted by molar-refractivity contribution is 7.99. The number of rotatable bonds is 7. The topological polar surface area (TPSA) is 69.6 Å². The van der Waals surface area contributed by atoms with Crippen molar-refractivity contribution in [3.8, 4) is 0 Å². The van der Waals surface area contributed by atoms with Gasteiger partial charge in [-0.1, -0.05) is 37.3 Å². The Bertz CT molecular complexity index is 552. The first-order chi connectivity index (χ1) is 11.5. The van der Waals surface area contributed by atoms with Crippen LogP contribution >= 0.6 is 11.8 Å². The van der Waals surface area contributed by atoms with Crippen molar-refractivity contribution < 1.29 is 14.7 Å². The molecule has 132 valence electrons. The number of amides is 2. The molecule has 5 nitrogen and oxygen atoms in total. The van der Waals surface area contributed by atoms with Gasteiger partial charge in [-0.2, -0.15) is 11.8 Å². The molecule has 1 saturated heterocycles. The van der Waals surface area contributed by atoms with Crippen molar-refractivity contribution in [1.82, 2.24) is 10.2 Å². The molecule has 0 bridgehead atoms.